The summed E-state index contributed by atoms with van der Waals surface area (Å²) in [4.78, 5) is 8.73. The van der Waals surface area contributed by atoms with Crippen molar-refractivity contribution in [1.82, 2.24) is 9.97 Å². The van der Waals surface area contributed by atoms with Crippen LogP contribution >= 0.6 is 0 Å². The van der Waals surface area contributed by atoms with Crippen molar-refractivity contribution in [3.63, 3.8) is 0 Å². The van der Waals surface area contributed by atoms with Crippen molar-refractivity contribution in [3.8, 4) is 11.3 Å². The van der Waals surface area contributed by atoms with Gasteiger partial charge in [-0.1, -0.05) is 36.4 Å². The van der Waals surface area contributed by atoms with Crippen LogP contribution in [-0.2, 0) is 6.54 Å². The predicted molar refractivity (Wildman–Crippen MR) is 103 cm³/mol. The normalized spacial score (nSPS) is 10.6. The number of hydrogen-bond donors (Lipinski definition) is 2. The van der Waals surface area contributed by atoms with Gasteiger partial charge < -0.3 is 15.1 Å². The topological polar surface area (TPSA) is 63.0 Å². The Morgan fingerprint density at radius 3 is 2.36 bits per heavy atom. The second-order valence-electron chi connectivity index (χ2n) is 5.98. The lowest BCUT2D eigenvalue weighted by Crippen LogP contribution is -2.06. The van der Waals surface area contributed by atoms with Crippen LogP contribution in [0.15, 0.2) is 77.4 Å². The van der Waals surface area contributed by atoms with Crippen LogP contribution in [0.2, 0.25) is 0 Å². The van der Waals surface area contributed by atoms with Crippen LogP contribution in [0.3, 0.4) is 0 Å². The molecule has 0 saturated carbocycles. The molecule has 4 aromatic rings. The number of benzene rings is 2. The van der Waals surface area contributed by atoms with Crippen LogP contribution in [-0.4, -0.2) is 9.97 Å². The smallest absolute Gasteiger partial charge is 0.229 e. The molecular formula is C21H16F2N4O. The third-order valence-corrected chi connectivity index (χ3v) is 4.02. The van der Waals surface area contributed by atoms with E-state index in [1.165, 1.54) is 18.2 Å². The number of hydrogen-bond acceptors (Lipinski definition) is 5. The van der Waals surface area contributed by atoms with Crippen molar-refractivity contribution in [1.29, 1.82) is 0 Å². The molecule has 140 valence electrons. The zero-order valence-corrected chi connectivity index (χ0v) is 14.7. The summed E-state index contributed by atoms with van der Waals surface area (Å²) in [5.74, 6) is -0.149. The van der Waals surface area contributed by atoms with Crippen LogP contribution in [0.5, 0.6) is 0 Å². The maximum absolute atomic E-state index is 14.0. The quantitative estimate of drug-likeness (QED) is 0.472. The van der Waals surface area contributed by atoms with Gasteiger partial charge in [0.1, 0.15) is 28.9 Å². The van der Waals surface area contributed by atoms with E-state index in [9.17, 15) is 8.78 Å². The molecular weight excluding hydrogens is 362 g/mol. The van der Waals surface area contributed by atoms with Gasteiger partial charge in [-0.05, 0) is 24.3 Å². The number of furan rings is 1. The Bertz CT molecular complexity index is 1050. The zero-order valence-electron chi connectivity index (χ0n) is 14.7. The van der Waals surface area contributed by atoms with Crippen molar-refractivity contribution in [2.75, 3.05) is 10.6 Å². The van der Waals surface area contributed by atoms with Gasteiger partial charge in [-0.3, -0.25) is 0 Å². The first-order valence-electron chi connectivity index (χ1n) is 8.61. The zero-order chi connectivity index (χ0) is 19.3. The fourth-order valence-electron chi connectivity index (χ4n) is 2.67. The summed E-state index contributed by atoms with van der Waals surface area (Å²) in [7, 11) is 0. The average molecular weight is 378 g/mol. The number of halogens is 2. The lowest BCUT2D eigenvalue weighted by Gasteiger charge is -2.12. The molecule has 0 atom stereocenters. The number of para-hydroxylation sites is 1. The van der Waals surface area contributed by atoms with Gasteiger partial charge in [-0.25, -0.2) is 13.8 Å². The molecule has 0 saturated heterocycles. The van der Waals surface area contributed by atoms with Crippen molar-refractivity contribution in [2.24, 2.45) is 0 Å². The highest BCUT2D eigenvalue weighted by molar-refractivity contribution is 5.66. The molecule has 0 aliphatic heterocycles. The van der Waals surface area contributed by atoms with Crippen LogP contribution in [0.1, 0.15) is 5.76 Å². The Hall–Kier alpha value is -3.74. The Labute approximate surface area is 160 Å². The van der Waals surface area contributed by atoms with Crippen LogP contribution in [0.4, 0.5) is 26.2 Å². The summed E-state index contributed by atoms with van der Waals surface area (Å²) in [6.07, 6.45) is 1.58. The molecule has 2 N–H and O–H groups in total. The minimum absolute atomic E-state index is 0.0762. The maximum Gasteiger partial charge on any atom is 0.229 e. The van der Waals surface area contributed by atoms with Crippen LogP contribution in [0, 0.1) is 11.6 Å². The highest BCUT2D eigenvalue weighted by Gasteiger charge is 2.12. The van der Waals surface area contributed by atoms with E-state index in [0.29, 0.717) is 18.1 Å². The van der Waals surface area contributed by atoms with E-state index in [4.69, 9.17) is 4.42 Å². The third-order valence-electron chi connectivity index (χ3n) is 4.02. The van der Waals surface area contributed by atoms with Gasteiger partial charge in [0.2, 0.25) is 5.95 Å². The van der Waals surface area contributed by atoms with Crippen molar-refractivity contribution >= 4 is 17.5 Å². The van der Waals surface area contributed by atoms with Crippen molar-refractivity contribution in [2.45, 2.75) is 6.54 Å². The highest BCUT2D eigenvalue weighted by atomic mass is 19.1. The van der Waals surface area contributed by atoms with E-state index in [1.54, 1.807) is 18.4 Å². The monoisotopic (exact) mass is 378 g/mol. The maximum atomic E-state index is 14.0. The van der Waals surface area contributed by atoms with Gasteiger partial charge in [-0.2, -0.15) is 4.98 Å². The standard InChI is InChI=1S/C21H16F2N4O/c22-16-9-4-10-17(23)20(16)27-21-25-18(14-6-2-1-3-7-14)12-19(26-21)24-13-15-8-5-11-28-15/h1-12H,13H2,(H2,24,25,26,27). The molecule has 0 unspecified atom stereocenters. The van der Waals surface area contributed by atoms with Gasteiger partial charge in [0, 0.05) is 11.6 Å². The van der Waals surface area contributed by atoms with Gasteiger partial charge in [0.15, 0.2) is 0 Å². The predicted octanol–water partition coefficient (Wildman–Crippen LogP) is 5.37. The summed E-state index contributed by atoms with van der Waals surface area (Å²) in [6, 6.07) is 18.5. The first-order valence-corrected chi connectivity index (χ1v) is 8.61. The van der Waals surface area contributed by atoms with Gasteiger partial charge >= 0.3 is 0 Å². The fraction of sp³-hybridized carbons (Fsp3) is 0.0476. The molecule has 2 heterocycles. The first-order chi connectivity index (χ1) is 13.7. The van der Waals surface area contributed by atoms with Gasteiger partial charge in [0.25, 0.3) is 0 Å². The van der Waals surface area contributed by atoms with E-state index in [2.05, 4.69) is 20.6 Å². The molecule has 0 aliphatic carbocycles. The second-order valence-corrected chi connectivity index (χ2v) is 5.98. The Balaban J connectivity index is 1.69. The largest absolute Gasteiger partial charge is 0.467 e. The van der Waals surface area contributed by atoms with Crippen LogP contribution < -0.4 is 10.6 Å². The molecule has 0 aliphatic rings. The molecule has 2 aromatic heterocycles. The van der Waals surface area contributed by atoms with Gasteiger partial charge in [0.05, 0.1) is 18.5 Å². The summed E-state index contributed by atoms with van der Waals surface area (Å²) < 4.78 is 33.3. The first kappa shape index (κ1) is 17.7. The lowest BCUT2D eigenvalue weighted by atomic mass is 10.1. The molecule has 2 aromatic carbocycles. The highest BCUT2D eigenvalue weighted by Crippen LogP contribution is 2.25. The van der Waals surface area contributed by atoms with Crippen molar-refractivity contribution in [3.05, 3.63) is 90.4 Å². The number of nitrogens with one attached hydrogen (secondary N) is 2. The van der Waals surface area contributed by atoms with Gasteiger partial charge in [-0.15, -0.1) is 0 Å². The van der Waals surface area contributed by atoms with E-state index >= 15 is 0 Å². The van der Waals surface area contributed by atoms with Crippen molar-refractivity contribution < 1.29 is 13.2 Å². The summed E-state index contributed by atoms with van der Waals surface area (Å²) in [5, 5.41) is 5.79. The molecule has 28 heavy (non-hydrogen) atoms. The number of aromatic nitrogens is 2. The SMILES string of the molecule is Fc1cccc(F)c1Nc1nc(NCc2ccco2)cc(-c2ccccc2)n1. The lowest BCUT2D eigenvalue weighted by molar-refractivity contribution is 0.518. The van der Waals surface area contributed by atoms with E-state index in [-0.39, 0.29) is 11.6 Å². The molecule has 0 spiro atoms. The van der Waals surface area contributed by atoms with E-state index in [1.807, 2.05) is 36.4 Å². The molecule has 0 radical (unpaired) electrons. The molecule has 0 amide bonds. The Kier molecular flexibility index (Phi) is 4.97. The molecule has 4 rings (SSSR count). The number of rotatable bonds is 6. The van der Waals surface area contributed by atoms with E-state index < -0.39 is 11.6 Å². The summed E-state index contributed by atoms with van der Waals surface area (Å²) in [5.41, 5.74) is 1.16. The Morgan fingerprint density at radius 1 is 0.857 bits per heavy atom. The fourth-order valence-corrected chi connectivity index (χ4v) is 2.67. The van der Waals surface area contributed by atoms with Crippen LogP contribution in [0.25, 0.3) is 11.3 Å². The molecule has 5 nitrogen and oxygen atoms in total. The Morgan fingerprint density at radius 2 is 1.64 bits per heavy atom. The summed E-state index contributed by atoms with van der Waals surface area (Å²) >= 11 is 0. The molecule has 0 bridgehead atoms. The summed E-state index contributed by atoms with van der Waals surface area (Å²) in [6.45, 7) is 0.408. The third kappa shape index (κ3) is 3.98. The average Bonchev–Trinajstić information content (AvgIpc) is 3.24. The molecule has 7 heteroatoms. The molecule has 0 fully saturated rings. The number of nitrogens with zero attached hydrogens (tertiary/aromatic N) is 2. The van der Waals surface area contributed by atoms with E-state index in [0.717, 1.165) is 11.3 Å². The minimum Gasteiger partial charge on any atom is -0.467 e. The second kappa shape index (κ2) is 7.87. The minimum atomic E-state index is -0.723. The number of anilines is 3.